The van der Waals surface area contributed by atoms with Gasteiger partial charge >= 0.3 is 0 Å². The van der Waals surface area contributed by atoms with Gasteiger partial charge in [0, 0.05) is 18.3 Å². The summed E-state index contributed by atoms with van der Waals surface area (Å²) in [6.07, 6.45) is -6.14. The van der Waals surface area contributed by atoms with Crippen LogP contribution in [0.25, 0.3) is 0 Å². The molecule has 10 nitrogen and oxygen atoms in total. The van der Waals surface area contributed by atoms with Crippen molar-refractivity contribution in [1.82, 2.24) is 0 Å². The monoisotopic (exact) mass is 448 g/mol. The van der Waals surface area contributed by atoms with E-state index in [1.807, 2.05) is 0 Å². The lowest BCUT2D eigenvalue weighted by Crippen LogP contribution is -2.61. The average molecular weight is 449 g/mol. The molecular formula is C21H36O10. The van der Waals surface area contributed by atoms with E-state index >= 15 is 0 Å². The van der Waals surface area contributed by atoms with Gasteiger partial charge in [-0.2, -0.15) is 0 Å². The summed E-state index contributed by atoms with van der Waals surface area (Å²) in [5.41, 5.74) is -4.15. The van der Waals surface area contributed by atoms with Crippen molar-refractivity contribution >= 4 is 5.78 Å². The number of ether oxygens (including phenoxy) is 2. The van der Waals surface area contributed by atoms with E-state index in [-0.39, 0.29) is 24.5 Å². The van der Waals surface area contributed by atoms with Crippen LogP contribution < -0.4 is 0 Å². The van der Waals surface area contributed by atoms with Crippen molar-refractivity contribution < 1.29 is 50.0 Å². The molecule has 1 heterocycles. The van der Waals surface area contributed by atoms with Crippen LogP contribution in [-0.4, -0.2) is 102 Å². The molecule has 0 amide bonds. The van der Waals surface area contributed by atoms with Crippen molar-refractivity contribution in [3.8, 4) is 0 Å². The number of aliphatic hydroxyl groups is 7. The number of ketones is 1. The highest BCUT2D eigenvalue weighted by Crippen LogP contribution is 2.52. The lowest BCUT2D eigenvalue weighted by molar-refractivity contribution is -0.329. The summed E-state index contributed by atoms with van der Waals surface area (Å²) in [5, 5.41) is 71.5. The number of hydrogen-bond acceptors (Lipinski definition) is 10. The second-order valence-corrected chi connectivity index (χ2v) is 10.1. The Balaban J connectivity index is 1.83. The van der Waals surface area contributed by atoms with E-state index in [4.69, 9.17) is 9.47 Å². The number of fused-ring (bicyclic) bond motifs is 1. The van der Waals surface area contributed by atoms with E-state index < -0.39 is 72.6 Å². The molecule has 0 aromatic heterocycles. The Kier molecular flexibility index (Phi) is 6.91. The highest BCUT2D eigenvalue weighted by molar-refractivity contribution is 5.89. The Bertz CT molecular complexity index is 665. The van der Waals surface area contributed by atoms with Gasteiger partial charge in [0.05, 0.1) is 24.4 Å². The molecule has 180 valence electrons. The van der Waals surface area contributed by atoms with Gasteiger partial charge in [-0.05, 0) is 46.0 Å². The first-order valence-electron chi connectivity index (χ1n) is 10.9. The minimum Gasteiger partial charge on any atom is -0.394 e. The van der Waals surface area contributed by atoms with Gasteiger partial charge in [0.1, 0.15) is 30.0 Å². The fourth-order valence-electron chi connectivity index (χ4n) is 5.53. The topological polar surface area (TPSA) is 177 Å². The lowest BCUT2D eigenvalue weighted by atomic mass is 9.74. The highest BCUT2D eigenvalue weighted by atomic mass is 16.7. The SMILES string of the molecule is CC(C)(O[C@H]1O[C@@H](CO)[C@@H](O)[C@@H](O)[C@H]1O)[C@@H]1CC[C@](O)(CO)[C@@H]2CC(=O)[C@@](C)(O)[C@@H]2C1. The third-order valence-electron chi connectivity index (χ3n) is 7.86. The number of rotatable bonds is 5. The molecule has 0 unspecified atom stereocenters. The van der Waals surface area contributed by atoms with Crippen molar-refractivity contribution in [1.29, 1.82) is 0 Å². The van der Waals surface area contributed by atoms with Crippen LogP contribution in [0.4, 0.5) is 0 Å². The zero-order valence-electron chi connectivity index (χ0n) is 18.2. The van der Waals surface area contributed by atoms with E-state index in [2.05, 4.69) is 0 Å². The predicted molar refractivity (Wildman–Crippen MR) is 106 cm³/mol. The van der Waals surface area contributed by atoms with Gasteiger partial charge in [-0.25, -0.2) is 0 Å². The zero-order chi connectivity index (χ0) is 23.4. The quantitative estimate of drug-likeness (QED) is 0.250. The molecule has 2 aliphatic carbocycles. The van der Waals surface area contributed by atoms with Gasteiger partial charge in [0.25, 0.3) is 0 Å². The second kappa shape index (κ2) is 8.58. The zero-order valence-corrected chi connectivity index (χ0v) is 18.2. The van der Waals surface area contributed by atoms with Crippen LogP contribution in [0.3, 0.4) is 0 Å². The lowest BCUT2D eigenvalue weighted by Gasteiger charge is -2.45. The highest BCUT2D eigenvalue weighted by Gasteiger charge is 2.60. The molecule has 1 aliphatic heterocycles. The summed E-state index contributed by atoms with van der Waals surface area (Å²) in [5.74, 6) is -1.86. The molecule has 0 spiro atoms. The number of Topliss-reactive ketones (excluding diaryl/α,β-unsaturated/α-hetero) is 1. The minimum atomic E-state index is -1.64. The molecule has 10 heteroatoms. The predicted octanol–water partition coefficient (Wildman–Crippen LogP) is -1.94. The van der Waals surface area contributed by atoms with Crippen LogP contribution in [0.5, 0.6) is 0 Å². The molecule has 3 fully saturated rings. The second-order valence-electron chi connectivity index (χ2n) is 10.1. The third-order valence-corrected chi connectivity index (χ3v) is 7.86. The van der Waals surface area contributed by atoms with Crippen molar-refractivity contribution in [2.75, 3.05) is 13.2 Å². The maximum Gasteiger partial charge on any atom is 0.187 e. The summed E-state index contributed by atoms with van der Waals surface area (Å²) < 4.78 is 11.5. The number of hydrogen-bond donors (Lipinski definition) is 7. The van der Waals surface area contributed by atoms with E-state index in [0.717, 1.165) is 0 Å². The summed E-state index contributed by atoms with van der Waals surface area (Å²) >= 11 is 0. The van der Waals surface area contributed by atoms with Crippen LogP contribution in [0.15, 0.2) is 0 Å². The molecular weight excluding hydrogens is 412 g/mol. The Hall–Kier alpha value is -0.690. The molecule has 2 saturated carbocycles. The fraction of sp³-hybridized carbons (Fsp3) is 0.952. The number of aliphatic hydroxyl groups excluding tert-OH is 5. The summed E-state index contributed by atoms with van der Waals surface area (Å²) in [6.45, 7) is 3.81. The van der Waals surface area contributed by atoms with Crippen LogP contribution in [0.1, 0.15) is 46.5 Å². The maximum absolute atomic E-state index is 12.4. The first kappa shape index (κ1) is 24.9. The first-order chi connectivity index (χ1) is 14.3. The summed E-state index contributed by atoms with van der Waals surface area (Å²) in [6, 6.07) is 0. The summed E-state index contributed by atoms with van der Waals surface area (Å²) in [4.78, 5) is 12.4. The minimum absolute atomic E-state index is 0.0184. The van der Waals surface area contributed by atoms with Crippen LogP contribution in [0.2, 0.25) is 0 Å². The summed E-state index contributed by atoms with van der Waals surface area (Å²) in [7, 11) is 0. The Morgan fingerprint density at radius 3 is 2.32 bits per heavy atom. The van der Waals surface area contributed by atoms with Gasteiger partial charge in [-0.15, -0.1) is 0 Å². The van der Waals surface area contributed by atoms with Crippen LogP contribution in [0, 0.1) is 17.8 Å². The van der Waals surface area contributed by atoms with Gasteiger partial charge in [0.2, 0.25) is 0 Å². The Morgan fingerprint density at radius 1 is 1.10 bits per heavy atom. The van der Waals surface area contributed by atoms with E-state index in [9.17, 15) is 40.5 Å². The molecule has 0 radical (unpaired) electrons. The van der Waals surface area contributed by atoms with E-state index in [1.165, 1.54) is 6.92 Å². The van der Waals surface area contributed by atoms with E-state index in [0.29, 0.717) is 12.8 Å². The first-order valence-corrected chi connectivity index (χ1v) is 10.9. The molecule has 31 heavy (non-hydrogen) atoms. The number of carbonyl (C=O) groups is 1. The van der Waals surface area contributed by atoms with Crippen LogP contribution >= 0.6 is 0 Å². The standard InChI is InChI=1S/C21H36O10/c1-19(2,31-18-17(27)16(26)15(25)13(8-22)30-18)10-4-5-21(29,9-23)12-7-14(24)20(3,28)11(12)6-10/h10-13,15-18,22-23,25-29H,4-9H2,1-3H3/t10-,11-,12-,13+,15-,16-,17-,18-,20+,21+/m1/s1. The molecule has 1 saturated heterocycles. The molecule has 0 aromatic carbocycles. The normalized spacial score (nSPS) is 49.0. The van der Waals surface area contributed by atoms with Crippen molar-refractivity contribution in [3.63, 3.8) is 0 Å². The van der Waals surface area contributed by atoms with Gasteiger partial charge in [-0.3, -0.25) is 4.79 Å². The Morgan fingerprint density at radius 2 is 1.74 bits per heavy atom. The molecule has 3 aliphatic rings. The van der Waals surface area contributed by atoms with Gasteiger partial charge in [-0.1, -0.05) is 0 Å². The largest absolute Gasteiger partial charge is 0.394 e. The molecule has 0 aromatic rings. The third kappa shape index (κ3) is 4.30. The molecule has 7 N–H and O–H groups in total. The van der Waals surface area contributed by atoms with Gasteiger partial charge in [0.15, 0.2) is 12.1 Å². The fourth-order valence-corrected chi connectivity index (χ4v) is 5.53. The molecule has 10 atom stereocenters. The average Bonchev–Trinajstić information content (AvgIpc) is 2.84. The molecule has 0 bridgehead atoms. The molecule has 3 rings (SSSR count). The maximum atomic E-state index is 12.4. The van der Waals surface area contributed by atoms with E-state index in [1.54, 1.807) is 13.8 Å². The van der Waals surface area contributed by atoms with Crippen molar-refractivity contribution in [2.45, 2.75) is 94.0 Å². The van der Waals surface area contributed by atoms with Gasteiger partial charge < -0.3 is 45.2 Å². The smallest absolute Gasteiger partial charge is 0.187 e. The van der Waals surface area contributed by atoms with Crippen LogP contribution in [-0.2, 0) is 14.3 Å². The van der Waals surface area contributed by atoms with Crippen molar-refractivity contribution in [3.05, 3.63) is 0 Å². The number of carbonyl (C=O) groups excluding carboxylic acids is 1. The van der Waals surface area contributed by atoms with Crippen molar-refractivity contribution in [2.24, 2.45) is 17.8 Å². The Labute approximate surface area is 181 Å².